The SMILES string of the molecule is C[C@H]1/C(=C\c2ccccc2Br)C(=O)C=C2CCC[C@H](O)[C@]21C. The third-order valence-electron chi connectivity index (χ3n) is 5.48. The number of fused-ring (bicyclic) bond motifs is 1. The van der Waals surface area contributed by atoms with E-state index in [2.05, 4.69) is 29.8 Å². The van der Waals surface area contributed by atoms with Crippen molar-refractivity contribution in [2.45, 2.75) is 39.2 Å². The summed E-state index contributed by atoms with van der Waals surface area (Å²) in [6.07, 6.45) is 6.06. The summed E-state index contributed by atoms with van der Waals surface area (Å²) < 4.78 is 0.978. The minimum absolute atomic E-state index is 0.0161. The van der Waals surface area contributed by atoms with E-state index in [1.54, 1.807) is 6.08 Å². The van der Waals surface area contributed by atoms with Crippen molar-refractivity contribution >= 4 is 27.8 Å². The third kappa shape index (κ3) is 2.40. The molecule has 1 saturated carbocycles. The Hall–Kier alpha value is -1.19. The Balaban J connectivity index is 2.09. The number of halogens is 1. The van der Waals surface area contributed by atoms with E-state index >= 15 is 0 Å². The summed E-state index contributed by atoms with van der Waals surface area (Å²) in [6, 6.07) is 7.90. The maximum Gasteiger partial charge on any atom is 0.182 e. The molecular formula is C19H21BrO2. The fraction of sp³-hybridized carbons (Fsp3) is 0.421. The number of benzene rings is 1. The molecule has 0 aliphatic heterocycles. The summed E-state index contributed by atoms with van der Waals surface area (Å²) in [5, 5.41) is 10.6. The van der Waals surface area contributed by atoms with E-state index < -0.39 is 0 Å². The van der Waals surface area contributed by atoms with Crippen molar-refractivity contribution in [1.82, 2.24) is 0 Å². The number of aliphatic hydroxyl groups excluding tert-OH is 1. The predicted molar refractivity (Wildman–Crippen MR) is 92.3 cm³/mol. The van der Waals surface area contributed by atoms with Gasteiger partial charge in [-0.05, 0) is 49.0 Å². The molecule has 116 valence electrons. The van der Waals surface area contributed by atoms with Gasteiger partial charge in [0.2, 0.25) is 0 Å². The highest BCUT2D eigenvalue weighted by Crippen LogP contribution is 2.51. The topological polar surface area (TPSA) is 37.3 Å². The molecule has 22 heavy (non-hydrogen) atoms. The fourth-order valence-corrected chi connectivity index (χ4v) is 4.20. The summed E-state index contributed by atoms with van der Waals surface area (Å²) in [4.78, 5) is 12.6. The lowest BCUT2D eigenvalue weighted by molar-refractivity contribution is -0.113. The molecule has 1 aromatic rings. The molecule has 0 saturated heterocycles. The molecule has 0 bridgehead atoms. The highest BCUT2D eigenvalue weighted by atomic mass is 79.9. The van der Waals surface area contributed by atoms with Gasteiger partial charge in [-0.15, -0.1) is 0 Å². The second kappa shape index (κ2) is 5.78. The van der Waals surface area contributed by atoms with E-state index in [1.165, 1.54) is 0 Å². The number of rotatable bonds is 1. The van der Waals surface area contributed by atoms with Crippen LogP contribution in [0.1, 0.15) is 38.7 Å². The number of carbonyl (C=O) groups excluding carboxylic acids is 1. The van der Waals surface area contributed by atoms with Crippen molar-refractivity contribution in [3.8, 4) is 0 Å². The third-order valence-corrected chi connectivity index (χ3v) is 6.20. The zero-order valence-electron chi connectivity index (χ0n) is 13.0. The second-order valence-corrected chi connectivity index (χ2v) is 7.42. The molecule has 0 radical (unpaired) electrons. The van der Waals surface area contributed by atoms with Crippen LogP contribution in [-0.4, -0.2) is 17.0 Å². The summed E-state index contributed by atoms with van der Waals surface area (Å²) in [5.41, 5.74) is 2.59. The molecule has 3 heteroatoms. The lowest BCUT2D eigenvalue weighted by Gasteiger charge is -2.48. The molecule has 3 atom stereocenters. The van der Waals surface area contributed by atoms with E-state index in [0.29, 0.717) is 0 Å². The van der Waals surface area contributed by atoms with Crippen molar-refractivity contribution in [1.29, 1.82) is 0 Å². The molecule has 1 N–H and O–H groups in total. The Morgan fingerprint density at radius 1 is 1.36 bits per heavy atom. The van der Waals surface area contributed by atoms with Crippen LogP contribution in [0.25, 0.3) is 6.08 Å². The lowest BCUT2D eigenvalue weighted by Crippen LogP contribution is -2.46. The normalized spacial score (nSPS) is 33.5. The van der Waals surface area contributed by atoms with Gasteiger partial charge in [-0.25, -0.2) is 0 Å². The highest BCUT2D eigenvalue weighted by molar-refractivity contribution is 9.10. The molecule has 2 aliphatic rings. The van der Waals surface area contributed by atoms with Crippen LogP contribution in [0.5, 0.6) is 0 Å². The van der Waals surface area contributed by atoms with Gasteiger partial charge in [0.25, 0.3) is 0 Å². The zero-order valence-corrected chi connectivity index (χ0v) is 14.6. The minimum Gasteiger partial charge on any atom is -0.392 e. The monoisotopic (exact) mass is 360 g/mol. The molecule has 2 nitrogen and oxygen atoms in total. The van der Waals surface area contributed by atoms with E-state index in [4.69, 9.17) is 0 Å². The van der Waals surface area contributed by atoms with Crippen molar-refractivity contribution < 1.29 is 9.90 Å². The lowest BCUT2D eigenvalue weighted by atomic mass is 9.57. The van der Waals surface area contributed by atoms with Crippen LogP contribution in [0, 0.1) is 11.3 Å². The molecule has 3 rings (SSSR count). The summed E-state index contributed by atoms with van der Waals surface area (Å²) in [7, 11) is 0. The van der Waals surface area contributed by atoms with E-state index in [-0.39, 0.29) is 23.2 Å². The van der Waals surface area contributed by atoms with Gasteiger partial charge < -0.3 is 5.11 Å². The molecular weight excluding hydrogens is 340 g/mol. The first-order chi connectivity index (χ1) is 10.4. The van der Waals surface area contributed by atoms with Gasteiger partial charge in [-0.1, -0.05) is 53.5 Å². The number of hydrogen-bond acceptors (Lipinski definition) is 2. The average Bonchev–Trinajstić information content (AvgIpc) is 2.49. The van der Waals surface area contributed by atoms with E-state index in [0.717, 1.165) is 40.4 Å². The molecule has 1 aromatic carbocycles. The molecule has 0 spiro atoms. The summed E-state index contributed by atoms with van der Waals surface area (Å²) in [6.45, 7) is 4.18. The zero-order chi connectivity index (χ0) is 15.9. The van der Waals surface area contributed by atoms with Crippen LogP contribution in [0.15, 0.2) is 46.0 Å². The average molecular weight is 361 g/mol. The van der Waals surface area contributed by atoms with Crippen LogP contribution in [0.4, 0.5) is 0 Å². The smallest absolute Gasteiger partial charge is 0.182 e. The number of ketones is 1. The maximum absolute atomic E-state index is 12.6. The van der Waals surface area contributed by atoms with Gasteiger partial charge in [-0.3, -0.25) is 4.79 Å². The van der Waals surface area contributed by atoms with Crippen molar-refractivity contribution in [3.05, 3.63) is 51.5 Å². The Morgan fingerprint density at radius 3 is 2.82 bits per heavy atom. The second-order valence-electron chi connectivity index (χ2n) is 6.57. The first-order valence-corrected chi connectivity index (χ1v) is 8.63. The van der Waals surface area contributed by atoms with E-state index in [1.807, 2.05) is 30.3 Å². The molecule has 0 aromatic heterocycles. The van der Waals surface area contributed by atoms with Crippen LogP contribution >= 0.6 is 15.9 Å². The summed E-state index contributed by atoms with van der Waals surface area (Å²) in [5.74, 6) is 0.104. The molecule has 0 heterocycles. The number of aliphatic hydroxyl groups is 1. The van der Waals surface area contributed by atoms with Gasteiger partial charge in [-0.2, -0.15) is 0 Å². The maximum atomic E-state index is 12.6. The Kier molecular flexibility index (Phi) is 4.13. The van der Waals surface area contributed by atoms with Crippen LogP contribution in [0.3, 0.4) is 0 Å². The standard InChI is InChI=1S/C19H21BrO2/c1-12-15(10-13-6-3-4-8-16(13)20)17(21)11-14-7-5-9-18(22)19(12,14)2/h3-4,6,8,10-12,18,22H,5,7,9H2,1-2H3/b15-10+/t12-,18-,19-/m0/s1. The Bertz CT molecular complexity index is 674. The van der Waals surface area contributed by atoms with Gasteiger partial charge in [0.15, 0.2) is 5.78 Å². The van der Waals surface area contributed by atoms with Crippen LogP contribution < -0.4 is 0 Å². The predicted octanol–water partition coefficient (Wildman–Crippen LogP) is 4.53. The van der Waals surface area contributed by atoms with E-state index in [9.17, 15) is 9.90 Å². The number of allylic oxidation sites excluding steroid dienone is 2. The fourth-order valence-electron chi connectivity index (χ4n) is 3.80. The first-order valence-electron chi connectivity index (χ1n) is 7.84. The number of hydrogen-bond donors (Lipinski definition) is 1. The first kappa shape index (κ1) is 15.7. The minimum atomic E-state index is -0.377. The summed E-state index contributed by atoms with van der Waals surface area (Å²) >= 11 is 3.54. The van der Waals surface area contributed by atoms with Gasteiger partial charge >= 0.3 is 0 Å². The number of carbonyl (C=O) groups is 1. The van der Waals surface area contributed by atoms with Gasteiger partial charge in [0, 0.05) is 15.5 Å². The molecule has 1 fully saturated rings. The molecule has 0 unspecified atom stereocenters. The van der Waals surface area contributed by atoms with Gasteiger partial charge in [0.1, 0.15) is 0 Å². The highest BCUT2D eigenvalue weighted by Gasteiger charge is 2.48. The van der Waals surface area contributed by atoms with Crippen molar-refractivity contribution in [3.63, 3.8) is 0 Å². The van der Waals surface area contributed by atoms with Crippen LogP contribution in [-0.2, 0) is 4.79 Å². The van der Waals surface area contributed by atoms with Crippen molar-refractivity contribution in [2.75, 3.05) is 0 Å². The van der Waals surface area contributed by atoms with Gasteiger partial charge in [0.05, 0.1) is 6.10 Å². The Morgan fingerprint density at radius 2 is 2.09 bits per heavy atom. The molecule has 0 amide bonds. The molecule has 2 aliphatic carbocycles. The van der Waals surface area contributed by atoms with Crippen LogP contribution in [0.2, 0.25) is 0 Å². The largest absolute Gasteiger partial charge is 0.392 e. The quantitative estimate of drug-likeness (QED) is 0.747. The van der Waals surface area contributed by atoms with Crippen molar-refractivity contribution in [2.24, 2.45) is 11.3 Å². The Labute approximate surface area is 140 Å².